The number of carbonyl (C=O) groups is 2. The zero-order valence-electron chi connectivity index (χ0n) is 17.3. The molecule has 4 rings (SSSR count). The van der Waals surface area contributed by atoms with Gasteiger partial charge in [0.2, 0.25) is 0 Å². The summed E-state index contributed by atoms with van der Waals surface area (Å²) in [4.78, 5) is 27.6. The smallest absolute Gasteiger partial charge is 0.257 e. The molecule has 0 unspecified atom stereocenters. The van der Waals surface area contributed by atoms with Crippen molar-refractivity contribution in [2.24, 2.45) is 16.6 Å². The molecule has 1 spiro atoms. The van der Waals surface area contributed by atoms with E-state index in [-0.39, 0.29) is 22.7 Å². The maximum atomic E-state index is 13.4. The first-order valence-corrected chi connectivity index (χ1v) is 10.2. The molecule has 5 nitrogen and oxygen atoms in total. The number of allylic oxidation sites excluding steroid dienone is 1. The van der Waals surface area contributed by atoms with E-state index in [1.54, 1.807) is 0 Å². The van der Waals surface area contributed by atoms with Gasteiger partial charge in [0.1, 0.15) is 11.4 Å². The van der Waals surface area contributed by atoms with Crippen LogP contribution in [0.4, 0.5) is 0 Å². The lowest BCUT2D eigenvalue weighted by atomic mass is 9.65. The van der Waals surface area contributed by atoms with Crippen molar-refractivity contribution in [2.45, 2.75) is 59.0 Å². The van der Waals surface area contributed by atoms with Crippen LogP contribution >= 0.6 is 0 Å². The third-order valence-corrected chi connectivity index (χ3v) is 6.51. The molecule has 3 aliphatic rings. The maximum absolute atomic E-state index is 13.4. The van der Waals surface area contributed by atoms with Gasteiger partial charge in [-0.3, -0.25) is 9.59 Å². The first kappa shape index (κ1) is 19.0. The van der Waals surface area contributed by atoms with Crippen LogP contribution in [0.1, 0.15) is 62.9 Å². The minimum atomic E-state index is -0.489. The molecule has 2 aliphatic heterocycles. The zero-order valence-corrected chi connectivity index (χ0v) is 17.3. The van der Waals surface area contributed by atoms with Crippen molar-refractivity contribution in [3.05, 3.63) is 41.1 Å². The number of nitrogens with two attached hydrogens (primary N) is 1. The van der Waals surface area contributed by atoms with Crippen molar-refractivity contribution < 1.29 is 14.3 Å². The highest BCUT2D eigenvalue weighted by Gasteiger charge is 2.48. The van der Waals surface area contributed by atoms with Crippen molar-refractivity contribution in [3.63, 3.8) is 0 Å². The molecule has 1 aromatic carbocycles. The Bertz CT molecular complexity index is 884. The topological polar surface area (TPSA) is 72.6 Å². The summed E-state index contributed by atoms with van der Waals surface area (Å²) in [5.41, 5.74) is 7.17. The number of aryl methyl sites for hydroxylation is 1. The number of hydrogen-bond donors (Lipinski definition) is 1. The molecule has 0 radical (unpaired) electrons. The van der Waals surface area contributed by atoms with Gasteiger partial charge in [-0.25, -0.2) is 0 Å². The molecule has 1 aliphatic carbocycles. The molecule has 2 heterocycles. The SMILES string of the molecule is CC1(C)CCc2cccc(C(=O)N3CC[C@]4(C=C(N)C(=O)C(C)(C)C4)C3)c2O1. The highest BCUT2D eigenvalue weighted by Crippen LogP contribution is 2.47. The third-order valence-electron chi connectivity index (χ3n) is 6.51. The Morgan fingerprint density at radius 3 is 2.64 bits per heavy atom. The van der Waals surface area contributed by atoms with E-state index in [2.05, 4.69) is 13.8 Å². The number of ketones is 1. The van der Waals surface area contributed by atoms with Crippen LogP contribution in [0.5, 0.6) is 5.75 Å². The predicted molar refractivity (Wildman–Crippen MR) is 108 cm³/mol. The summed E-state index contributed by atoms with van der Waals surface area (Å²) >= 11 is 0. The van der Waals surface area contributed by atoms with Crippen LogP contribution in [0, 0.1) is 10.8 Å². The fraction of sp³-hybridized carbons (Fsp3) is 0.565. The van der Waals surface area contributed by atoms with Gasteiger partial charge in [-0.15, -0.1) is 0 Å². The molecule has 0 saturated carbocycles. The Morgan fingerprint density at radius 2 is 1.93 bits per heavy atom. The average Bonchev–Trinajstić information content (AvgIpc) is 3.00. The number of Topliss-reactive ketones (excluding diaryl/α,β-unsaturated/α-hetero) is 1. The number of carbonyl (C=O) groups excluding carboxylic acids is 2. The fourth-order valence-electron chi connectivity index (χ4n) is 5.13. The largest absolute Gasteiger partial charge is 0.487 e. The van der Waals surface area contributed by atoms with Crippen molar-refractivity contribution in [1.82, 2.24) is 4.90 Å². The van der Waals surface area contributed by atoms with Gasteiger partial charge in [-0.1, -0.05) is 26.0 Å². The second-order valence-corrected chi connectivity index (χ2v) is 9.98. The normalized spacial score (nSPS) is 27.9. The first-order valence-electron chi connectivity index (χ1n) is 10.2. The Kier molecular flexibility index (Phi) is 4.15. The molecule has 1 aromatic rings. The van der Waals surface area contributed by atoms with Gasteiger partial charge in [0.15, 0.2) is 5.78 Å². The number of hydrogen-bond acceptors (Lipinski definition) is 4. The zero-order chi connectivity index (χ0) is 20.3. The van der Waals surface area contributed by atoms with Crippen LogP contribution in [0.25, 0.3) is 0 Å². The summed E-state index contributed by atoms with van der Waals surface area (Å²) in [6.45, 7) is 9.29. The van der Waals surface area contributed by atoms with Crippen molar-refractivity contribution in [2.75, 3.05) is 13.1 Å². The minimum absolute atomic E-state index is 0.00750. The van der Waals surface area contributed by atoms with E-state index >= 15 is 0 Å². The number of nitrogens with zero attached hydrogens (tertiary/aromatic N) is 1. The maximum Gasteiger partial charge on any atom is 0.257 e. The molecular weight excluding hydrogens is 352 g/mol. The highest BCUT2D eigenvalue weighted by atomic mass is 16.5. The van der Waals surface area contributed by atoms with E-state index in [1.807, 2.05) is 43.0 Å². The number of likely N-dealkylation sites (tertiary alicyclic amines) is 1. The summed E-state index contributed by atoms with van der Waals surface area (Å²) in [5.74, 6) is 0.752. The van der Waals surface area contributed by atoms with Crippen LogP contribution < -0.4 is 10.5 Å². The van der Waals surface area contributed by atoms with Crippen LogP contribution in [0.2, 0.25) is 0 Å². The van der Waals surface area contributed by atoms with Crippen molar-refractivity contribution >= 4 is 11.7 Å². The standard InChI is InChI=1S/C23H30N2O3/c1-21(2)13-23(12-17(24)19(21)26)10-11-25(14-23)20(27)16-7-5-6-15-8-9-22(3,4)28-18(15)16/h5-7,12H,8-11,13-14,24H2,1-4H3/t23-/m1/s1. The summed E-state index contributed by atoms with van der Waals surface area (Å²) in [7, 11) is 0. The van der Waals surface area contributed by atoms with E-state index in [0.717, 1.165) is 37.0 Å². The predicted octanol–water partition coefficient (Wildman–Crippen LogP) is 3.46. The van der Waals surface area contributed by atoms with E-state index in [0.29, 0.717) is 24.4 Å². The molecule has 2 N–H and O–H groups in total. The monoisotopic (exact) mass is 382 g/mol. The molecule has 1 fully saturated rings. The van der Waals surface area contributed by atoms with Crippen LogP contribution in [0.3, 0.4) is 0 Å². The number of amides is 1. The molecule has 28 heavy (non-hydrogen) atoms. The average molecular weight is 383 g/mol. The Morgan fingerprint density at radius 1 is 1.18 bits per heavy atom. The second-order valence-electron chi connectivity index (χ2n) is 9.98. The number of para-hydroxylation sites is 1. The van der Waals surface area contributed by atoms with Gasteiger partial charge in [-0.2, -0.15) is 0 Å². The molecular formula is C23H30N2O3. The van der Waals surface area contributed by atoms with Crippen molar-refractivity contribution in [1.29, 1.82) is 0 Å². The van der Waals surface area contributed by atoms with Crippen LogP contribution in [0.15, 0.2) is 30.0 Å². The summed E-state index contributed by atoms with van der Waals surface area (Å²) < 4.78 is 6.21. The summed E-state index contributed by atoms with van der Waals surface area (Å²) in [6, 6.07) is 5.86. The van der Waals surface area contributed by atoms with Gasteiger partial charge < -0.3 is 15.4 Å². The van der Waals surface area contributed by atoms with Gasteiger partial charge in [0, 0.05) is 23.9 Å². The summed E-state index contributed by atoms with van der Waals surface area (Å²) in [5, 5.41) is 0. The number of ether oxygens (including phenoxy) is 1. The number of benzene rings is 1. The fourth-order valence-corrected chi connectivity index (χ4v) is 5.13. The lowest BCUT2D eigenvalue weighted by molar-refractivity contribution is -0.125. The molecule has 1 amide bonds. The van der Waals surface area contributed by atoms with Crippen LogP contribution in [-0.4, -0.2) is 35.3 Å². The van der Waals surface area contributed by atoms with E-state index in [4.69, 9.17) is 10.5 Å². The van der Waals surface area contributed by atoms with E-state index < -0.39 is 5.41 Å². The first-order chi connectivity index (χ1) is 13.0. The van der Waals surface area contributed by atoms with Gasteiger partial charge in [0.25, 0.3) is 5.91 Å². The Hall–Kier alpha value is -2.30. The van der Waals surface area contributed by atoms with E-state index in [9.17, 15) is 9.59 Å². The number of rotatable bonds is 1. The molecule has 1 atom stereocenters. The van der Waals surface area contributed by atoms with Crippen LogP contribution in [-0.2, 0) is 11.2 Å². The Labute approximate surface area is 166 Å². The summed E-state index contributed by atoms with van der Waals surface area (Å²) in [6.07, 6.45) is 5.33. The van der Waals surface area contributed by atoms with Gasteiger partial charge in [0.05, 0.1) is 11.3 Å². The molecule has 0 bridgehead atoms. The number of fused-ring (bicyclic) bond motifs is 1. The van der Waals surface area contributed by atoms with Gasteiger partial charge in [-0.05, 0) is 57.2 Å². The van der Waals surface area contributed by atoms with E-state index in [1.165, 1.54) is 0 Å². The minimum Gasteiger partial charge on any atom is -0.487 e. The Balaban J connectivity index is 1.61. The lowest BCUT2D eigenvalue weighted by Gasteiger charge is -2.39. The highest BCUT2D eigenvalue weighted by molar-refractivity contribution is 6.00. The molecule has 5 heteroatoms. The lowest BCUT2D eigenvalue weighted by Crippen LogP contribution is -2.42. The molecule has 150 valence electrons. The third kappa shape index (κ3) is 3.11. The van der Waals surface area contributed by atoms with Gasteiger partial charge >= 0.3 is 0 Å². The van der Waals surface area contributed by atoms with Crippen molar-refractivity contribution in [3.8, 4) is 5.75 Å². The second kappa shape index (κ2) is 6.10. The molecule has 0 aromatic heterocycles. The quantitative estimate of drug-likeness (QED) is 0.807. The molecule has 1 saturated heterocycles.